The van der Waals surface area contributed by atoms with Gasteiger partial charge in [-0.05, 0) is 51.2 Å². The van der Waals surface area contributed by atoms with Gasteiger partial charge in [0.2, 0.25) is 5.91 Å². The van der Waals surface area contributed by atoms with Gasteiger partial charge in [-0.3, -0.25) is 4.79 Å². The molecule has 0 saturated carbocycles. The normalized spacial score (nSPS) is 20.1. The molecule has 1 saturated heterocycles. The molecule has 1 N–H and O–H groups in total. The highest BCUT2D eigenvalue weighted by Gasteiger charge is 2.33. The molecule has 1 fully saturated rings. The SMILES string of the molecule is CC1=CCCN(C(=O)C(CNc2ccc(C)nn2)C2CCOCC2)C1. The minimum absolute atomic E-state index is 0.0436. The summed E-state index contributed by atoms with van der Waals surface area (Å²) in [5.74, 6) is 1.30. The number of amides is 1. The largest absolute Gasteiger partial charge is 0.381 e. The molecule has 0 aromatic carbocycles. The number of nitrogens with zero attached hydrogens (tertiary/aromatic N) is 3. The lowest BCUT2D eigenvalue weighted by molar-refractivity contribution is -0.137. The Morgan fingerprint density at radius 1 is 1.32 bits per heavy atom. The first kappa shape index (κ1) is 17.9. The maximum atomic E-state index is 13.2. The number of aromatic nitrogens is 2. The summed E-state index contributed by atoms with van der Waals surface area (Å²) in [6.07, 6.45) is 5.07. The topological polar surface area (TPSA) is 67.4 Å². The van der Waals surface area contributed by atoms with Gasteiger partial charge in [0, 0.05) is 32.8 Å². The first-order chi connectivity index (χ1) is 12.1. The average Bonchev–Trinajstić information content (AvgIpc) is 2.64. The van der Waals surface area contributed by atoms with E-state index >= 15 is 0 Å². The molecule has 3 rings (SSSR count). The van der Waals surface area contributed by atoms with Crippen LogP contribution in [0.25, 0.3) is 0 Å². The van der Waals surface area contributed by atoms with Crippen molar-refractivity contribution in [3.63, 3.8) is 0 Å². The second-order valence-corrected chi connectivity index (χ2v) is 7.10. The second kappa shape index (κ2) is 8.43. The Balaban J connectivity index is 1.68. The van der Waals surface area contributed by atoms with E-state index in [1.807, 2.05) is 24.0 Å². The molecule has 1 amide bonds. The Morgan fingerprint density at radius 3 is 2.80 bits per heavy atom. The lowest BCUT2D eigenvalue weighted by Gasteiger charge is -2.35. The Hall–Kier alpha value is -1.95. The van der Waals surface area contributed by atoms with Gasteiger partial charge < -0.3 is 15.0 Å². The lowest BCUT2D eigenvalue weighted by Crippen LogP contribution is -2.45. The highest BCUT2D eigenvalue weighted by atomic mass is 16.5. The summed E-state index contributed by atoms with van der Waals surface area (Å²) in [4.78, 5) is 15.2. The van der Waals surface area contributed by atoms with Crippen molar-refractivity contribution in [1.82, 2.24) is 15.1 Å². The van der Waals surface area contributed by atoms with E-state index in [0.717, 1.165) is 57.1 Å². The van der Waals surface area contributed by atoms with E-state index in [1.54, 1.807) is 0 Å². The summed E-state index contributed by atoms with van der Waals surface area (Å²) in [6, 6.07) is 3.85. The molecule has 0 spiro atoms. The molecule has 1 atom stereocenters. The Bertz CT molecular complexity index is 608. The van der Waals surface area contributed by atoms with Crippen LogP contribution in [0.5, 0.6) is 0 Å². The van der Waals surface area contributed by atoms with Crippen LogP contribution in [0.3, 0.4) is 0 Å². The number of hydrogen-bond acceptors (Lipinski definition) is 5. The van der Waals surface area contributed by atoms with E-state index in [4.69, 9.17) is 4.74 Å². The highest BCUT2D eigenvalue weighted by molar-refractivity contribution is 5.80. The number of carbonyl (C=O) groups is 1. The second-order valence-electron chi connectivity index (χ2n) is 7.10. The predicted octanol–water partition coefficient (Wildman–Crippen LogP) is 2.42. The zero-order valence-electron chi connectivity index (χ0n) is 15.2. The summed E-state index contributed by atoms with van der Waals surface area (Å²) < 4.78 is 5.49. The zero-order valence-corrected chi connectivity index (χ0v) is 15.2. The standard InChI is InChI=1S/C19H28N4O2/c1-14-4-3-9-23(13-14)19(24)17(16-7-10-25-11-8-16)12-20-18-6-5-15(2)21-22-18/h4-6,16-17H,3,7-13H2,1-2H3,(H,20,22). The summed E-state index contributed by atoms with van der Waals surface area (Å²) >= 11 is 0. The molecule has 0 aliphatic carbocycles. The first-order valence-electron chi connectivity index (χ1n) is 9.20. The van der Waals surface area contributed by atoms with E-state index in [1.165, 1.54) is 5.57 Å². The van der Waals surface area contributed by atoms with Crippen LogP contribution in [0.1, 0.15) is 31.9 Å². The highest BCUT2D eigenvalue weighted by Crippen LogP contribution is 2.27. The van der Waals surface area contributed by atoms with Gasteiger partial charge in [0.1, 0.15) is 5.82 Å². The Kier molecular flexibility index (Phi) is 6.02. The summed E-state index contributed by atoms with van der Waals surface area (Å²) in [6.45, 7) is 7.68. The third kappa shape index (κ3) is 4.78. The van der Waals surface area contributed by atoms with E-state index in [2.05, 4.69) is 28.5 Å². The fourth-order valence-electron chi connectivity index (χ4n) is 3.62. The molecule has 2 aliphatic heterocycles. The molecule has 2 aliphatic rings. The monoisotopic (exact) mass is 344 g/mol. The van der Waals surface area contributed by atoms with Crippen molar-refractivity contribution < 1.29 is 9.53 Å². The number of hydrogen-bond donors (Lipinski definition) is 1. The number of nitrogens with one attached hydrogen (secondary N) is 1. The average molecular weight is 344 g/mol. The number of anilines is 1. The maximum Gasteiger partial charge on any atom is 0.228 e. The maximum absolute atomic E-state index is 13.2. The Morgan fingerprint density at radius 2 is 2.12 bits per heavy atom. The van der Waals surface area contributed by atoms with E-state index in [-0.39, 0.29) is 11.8 Å². The van der Waals surface area contributed by atoms with Crippen LogP contribution in [-0.2, 0) is 9.53 Å². The van der Waals surface area contributed by atoms with E-state index in [0.29, 0.717) is 12.5 Å². The van der Waals surface area contributed by atoms with Crippen molar-refractivity contribution in [2.45, 2.75) is 33.1 Å². The molecule has 136 valence electrons. The van der Waals surface area contributed by atoms with Crippen LogP contribution in [0.4, 0.5) is 5.82 Å². The molecule has 1 aromatic rings. The number of ether oxygens (including phenoxy) is 1. The lowest BCUT2D eigenvalue weighted by atomic mass is 9.84. The van der Waals surface area contributed by atoms with Gasteiger partial charge in [0.15, 0.2) is 0 Å². The van der Waals surface area contributed by atoms with Gasteiger partial charge in [-0.25, -0.2) is 0 Å². The minimum Gasteiger partial charge on any atom is -0.381 e. The summed E-state index contributed by atoms with van der Waals surface area (Å²) in [5.41, 5.74) is 2.17. The zero-order chi connectivity index (χ0) is 17.6. The number of aryl methyl sites for hydroxylation is 1. The van der Waals surface area contributed by atoms with Gasteiger partial charge in [-0.2, -0.15) is 5.10 Å². The molecule has 0 radical (unpaired) electrons. The van der Waals surface area contributed by atoms with E-state index < -0.39 is 0 Å². The summed E-state index contributed by atoms with van der Waals surface area (Å²) in [7, 11) is 0. The third-order valence-electron chi connectivity index (χ3n) is 5.10. The van der Waals surface area contributed by atoms with Crippen LogP contribution >= 0.6 is 0 Å². The summed E-state index contributed by atoms with van der Waals surface area (Å²) in [5, 5.41) is 11.6. The van der Waals surface area contributed by atoms with Gasteiger partial charge in [0.25, 0.3) is 0 Å². The van der Waals surface area contributed by atoms with Crippen molar-refractivity contribution in [3.05, 3.63) is 29.5 Å². The van der Waals surface area contributed by atoms with E-state index in [9.17, 15) is 4.79 Å². The third-order valence-corrected chi connectivity index (χ3v) is 5.10. The van der Waals surface area contributed by atoms with Gasteiger partial charge in [0.05, 0.1) is 11.6 Å². The molecule has 1 aromatic heterocycles. The van der Waals surface area contributed by atoms with Crippen LogP contribution in [0, 0.1) is 18.8 Å². The van der Waals surface area contributed by atoms with Crippen molar-refractivity contribution in [2.75, 3.05) is 38.2 Å². The van der Waals surface area contributed by atoms with Crippen molar-refractivity contribution in [2.24, 2.45) is 11.8 Å². The predicted molar refractivity (Wildman–Crippen MR) is 97.2 cm³/mol. The molecule has 6 heteroatoms. The molecule has 1 unspecified atom stereocenters. The van der Waals surface area contributed by atoms with Crippen LogP contribution in [0.2, 0.25) is 0 Å². The van der Waals surface area contributed by atoms with Crippen molar-refractivity contribution in [1.29, 1.82) is 0 Å². The van der Waals surface area contributed by atoms with Gasteiger partial charge in [-0.1, -0.05) is 11.6 Å². The smallest absolute Gasteiger partial charge is 0.228 e. The first-order valence-corrected chi connectivity index (χ1v) is 9.20. The molecular weight excluding hydrogens is 316 g/mol. The number of rotatable bonds is 5. The van der Waals surface area contributed by atoms with Crippen molar-refractivity contribution >= 4 is 11.7 Å². The quantitative estimate of drug-likeness (QED) is 0.831. The van der Waals surface area contributed by atoms with Gasteiger partial charge in [-0.15, -0.1) is 5.10 Å². The Labute approximate surface area is 149 Å². The molecular formula is C19H28N4O2. The fourth-order valence-corrected chi connectivity index (χ4v) is 3.62. The number of carbonyl (C=O) groups excluding carboxylic acids is 1. The van der Waals surface area contributed by atoms with Crippen molar-refractivity contribution in [3.8, 4) is 0 Å². The van der Waals surface area contributed by atoms with Crippen LogP contribution < -0.4 is 5.32 Å². The molecule has 6 nitrogen and oxygen atoms in total. The molecule has 3 heterocycles. The molecule has 0 bridgehead atoms. The van der Waals surface area contributed by atoms with Crippen LogP contribution in [0.15, 0.2) is 23.8 Å². The van der Waals surface area contributed by atoms with Crippen LogP contribution in [-0.4, -0.2) is 53.9 Å². The fraction of sp³-hybridized carbons (Fsp3) is 0.632. The van der Waals surface area contributed by atoms with Gasteiger partial charge >= 0.3 is 0 Å². The minimum atomic E-state index is -0.0436. The molecule has 25 heavy (non-hydrogen) atoms.